The summed E-state index contributed by atoms with van der Waals surface area (Å²) in [5, 5.41) is 8.71. The number of nitrogens with zero attached hydrogens (tertiary/aromatic N) is 1. The van der Waals surface area contributed by atoms with Crippen molar-refractivity contribution < 1.29 is 9.90 Å². The largest absolute Gasteiger partial charge is 0.480 e. The van der Waals surface area contributed by atoms with Crippen LogP contribution < -0.4 is 0 Å². The minimum Gasteiger partial charge on any atom is -0.480 e. The quantitative estimate of drug-likeness (QED) is 0.702. The predicted molar refractivity (Wildman–Crippen MR) is 49.2 cm³/mol. The number of rotatable bonds is 3. The van der Waals surface area contributed by atoms with Gasteiger partial charge in [-0.1, -0.05) is 20.8 Å². The third-order valence-corrected chi connectivity index (χ3v) is 1.74. The van der Waals surface area contributed by atoms with E-state index in [9.17, 15) is 4.79 Å². The summed E-state index contributed by atoms with van der Waals surface area (Å²) in [4.78, 5) is 12.4. The van der Waals surface area contributed by atoms with Crippen molar-refractivity contribution in [1.29, 1.82) is 0 Å². The van der Waals surface area contributed by atoms with Crippen LogP contribution in [0.2, 0.25) is 0 Å². The van der Waals surface area contributed by atoms with E-state index >= 15 is 0 Å². The van der Waals surface area contributed by atoms with E-state index in [1.807, 2.05) is 11.9 Å². The fraction of sp³-hybridized carbons (Fsp3) is 0.889. The maximum atomic E-state index is 10.6. The molecule has 72 valence electrons. The first-order valence-corrected chi connectivity index (χ1v) is 4.17. The fourth-order valence-electron chi connectivity index (χ4n) is 1.07. The summed E-state index contributed by atoms with van der Waals surface area (Å²) < 4.78 is 0. The molecule has 0 unspecified atom stereocenters. The highest BCUT2D eigenvalue weighted by Gasteiger charge is 2.21. The first kappa shape index (κ1) is 11.4. The summed E-state index contributed by atoms with van der Waals surface area (Å²) in [6.45, 7) is 8.78. The summed E-state index contributed by atoms with van der Waals surface area (Å²) in [5.41, 5.74) is 0.151. The molecule has 0 aliphatic carbocycles. The maximum Gasteiger partial charge on any atom is 0.320 e. The van der Waals surface area contributed by atoms with Crippen molar-refractivity contribution in [3.63, 3.8) is 0 Å². The average Bonchev–Trinajstić information content (AvgIpc) is 1.82. The highest BCUT2D eigenvalue weighted by molar-refractivity contribution is 5.72. The van der Waals surface area contributed by atoms with Crippen molar-refractivity contribution in [3.8, 4) is 0 Å². The number of hydrogen-bond donors (Lipinski definition) is 1. The normalized spacial score (nSPS) is 14.8. The van der Waals surface area contributed by atoms with Gasteiger partial charge in [0.25, 0.3) is 0 Å². The van der Waals surface area contributed by atoms with Gasteiger partial charge in [0, 0.05) is 6.54 Å². The Bertz CT molecular complexity index is 160. The number of likely N-dealkylation sites (N-methyl/N-ethyl adjacent to an activating group) is 1. The van der Waals surface area contributed by atoms with Crippen LogP contribution in [0.15, 0.2) is 0 Å². The Hall–Kier alpha value is -0.570. The summed E-state index contributed by atoms with van der Waals surface area (Å²) in [5.74, 6) is -0.762. The first-order chi connectivity index (χ1) is 5.24. The molecule has 0 saturated heterocycles. The zero-order chi connectivity index (χ0) is 9.94. The van der Waals surface area contributed by atoms with Crippen molar-refractivity contribution in [2.45, 2.75) is 33.7 Å². The van der Waals surface area contributed by atoms with Crippen LogP contribution in [0.5, 0.6) is 0 Å². The summed E-state index contributed by atoms with van der Waals surface area (Å²) >= 11 is 0. The summed E-state index contributed by atoms with van der Waals surface area (Å²) in [6, 6.07) is -0.399. The molecule has 1 N–H and O–H groups in total. The third-order valence-electron chi connectivity index (χ3n) is 1.74. The second-order valence-corrected chi connectivity index (χ2v) is 4.49. The molecule has 0 aromatic heterocycles. The van der Waals surface area contributed by atoms with Crippen molar-refractivity contribution in [2.24, 2.45) is 5.41 Å². The number of carboxylic acid groups (broad SMARTS) is 1. The van der Waals surface area contributed by atoms with E-state index in [1.54, 1.807) is 6.92 Å². The Morgan fingerprint density at radius 2 is 1.92 bits per heavy atom. The standard InChI is InChI=1S/C9H19NO2/c1-7(8(11)12)10(5)6-9(2,3)4/h7H,6H2,1-5H3,(H,11,12)/t7-/m1/s1. The van der Waals surface area contributed by atoms with Crippen LogP contribution in [0, 0.1) is 5.41 Å². The molecule has 0 aliphatic rings. The van der Waals surface area contributed by atoms with Gasteiger partial charge in [0.05, 0.1) is 0 Å². The average molecular weight is 173 g/mol. The van der Waals surface area contributed by atoms with E-state index in [1.165, 1.54) is 0 Å². The van der Waals surface area contributed by atoms with Gasteiger partial charge in [-0.25, -0.2) is 0 Å². The first-order valence-electron chi connectivity index (χ1n) is 4.17. The highest BCUT2D eigenvalue weighted by Crippen LogP contribution is 2.15. The van der Waals surface area contributed by atoms with Gasteiger partial charge in [-0.2, -0.15) is 0 Å². The van der Waals surface area contributed by atoms with E-state index in [-0.39, 0.29) is 5.41 Å². The van der Waals surface area contributed by atoms with E-state index in [0.717, 1.165) is 6.54 Å². The maximum absolute atomic E-state index is 10.6. The van der Waals surface area contributed by atoms with Crippen LogP contribution in [-0.4, -0.2) is 35.6 Å². The monoisotopic (exact) mass is 173 g/mol. The van der Waals surface area contributed by atoms with Crippen LogP contribution in [0.3, 0.4) is 0 Å². The molecular formula is C9H19NO2. The highest BCUT2D eigenvalue weighted by atomic mass is 16.4. The Labute approximate surface area is 74.4 Å². The SMILES string of the molecule is C[C@H](C(=O)O)N(C)CC(C)(C)C. The molecule has 0 heterocycles. The van der Waals surface area contributed by atoms with Gasteiger partial charge in [-0.15, -0.1) is 0 Å². The van der Waals surface area contributed by atoms with Crippen molar-refractivity contribution in [2.75, 3.05) is 13.6 Å². The van der Waals surface area contributed by atoms with Crippen molar-refractivity contribution >= 4 is 5.97 Å². The number of hydrogen-bond acceptors (Lipinski definition) is 2. The van der Waals surface area contributed by atoms with Gasteiger partial charge in [0.1, 0.15) is 6.04 Å². The predicted octanol–water partition coefficient (Wildman–Crippen LogP) is 1.44. The molecule has 0 bridgehead atoms. The molecule has 3 nitrogen and oxygen atoms in total. The van der Waals surface area contributed by atoms with Crippen molar-refractivity contribution in [1.82, 2.24) is 4.90 Å². The Morgan fingerprint density at radius 1 is 1.50 bits per heavy atom. The van der Waals surface area contributed by atoms with Gasteiger partial charge < -0.3 is 5.11 Å². The molecule has 0 aromatic carbocycles. The number of carbonyl (C=O) groups is 1. The molecule has 0 fully saturated rings. The topological polar surface area (TPSA) is 40.5 Å². The molecule has 0 aromatic rings. The minimum atomic E-state index is -0.762. The van der Waals surface area contributed by atoms with Crippen LogP contribution >= 0.6 is 0 Å². The van der Waals surface area contributed by atoms with E-state index < -0.39 is 12.0 Å². The van der Waals surface area contributed by atoms with Crippen molar-refractivity contribution in [3.05, 3.63) is 0 Å². The number of carboxylic acids is 1. The van der Waals surface area contributed by atoms with Gasteiger partial charge in [0.15, 0.2) is 0 Å². The molecule has 12 heavy (non-hydrogen) atoms. The molecule has 0 amide bonds. The lowest BCUT2D eigenvalue weighted by Gasteiger charge is -2.29. The zero-order valence-corrected chi connectivity index (χ0v) is 8.59. The molecule has 0 radical (unpaired) electrons. The third kappa shape index (κ3) is 4.34. The zero-order valence-electron chi connectivity index (χ0n) is 8.59. The van der Waals surface area contributed by atoms with E-state index in [0.29, 0.717) is 0 Å². The minimum absolute atomic E-state index is 0.151. The van der Waals surface area contributed by atoms with Gasteiger partial charge >= 0.3 is 5.97 Å². The summed E-state index contributed by atoms with van der Waals surface area (Å²) in [7, 11) is 1.84. The molecule has 0 saturated carbocycles. The van der Waals surface area contributed by atoms with Crippen LogP contribution in [0.4, 0.5) is 0 Å². The lowest BCUT2D eigenvalue weighted by atomic mass is 9.96. The van der Waals surface area contributed by atoms with Gasteiger partial charge in [-0.05, 0) is 19.4 Å². The Balaban J connectivity index is 4.04. The van der Waals surface area contributed by atoms with Crippen LogP contribution in [-0.2, 0) is 4.79 Å². The van der Waals surface area contributed by atoms with E-state index in [4.69, 9.17) is 5.11 Å². The van der Waals surface area contributed by atoms with E-state index in [2.05, 4.69) is 20.8 Å². The van der Waals surface area contributed by atoms with Crippen LogP contribution in [0.1, 0.15) is 27.7 Å². The molecule has 0 aliphatic heterocycles. The molecule has 1 atom stereocenters. The Morgan fingerprint density at radius 3 is 2.17 bits per heavy atom. The second-order valence-electron chi connectivity index (χ2n) is 4.49. The molecule has 3 heteroatoms. The fourth-order valence-corrected chi connectivity index (χ4v) is 1.07. The molecule has 0 spiro atoms. The van der Waals surface area contributed by atoms with Gasteiger partial charge in [0.2, 0.25) is 0 Å². The molecular weight excluding hydrogens is 154 g/mol. The second kappa shape index (κ2) is 3.90. The smallest absolute Gasteiger partial charge is 0.320 e. The van der Waals surface area contributed by atoms with Gasteiger partial charge in [-0.3, -0.25) is 9.69 Å². The molecule has 0 rings (SSSR count). The summed E-state index contributed by atoms with van der Waals surface area (Å²) in [6.07, 6.45) is 0. The lowest BCUT2D eigenvalue weighted by Crippen LogP contribution is -2.40. The Kier molecular flexibility index (Phi) is 3.71. The number of aliphatic carboxylic acids is 1. The van der Waals surface area contributed by atoms with Crippen LogP contribution in [0.25, 0.3) is 0 Å². The lowest BCUT2D eigenvalue weighted by molar-refractivity contribution is -0.142.